The lowest BCUT2D eigenvalue weighted by atomic mass is 10.2. The first kappa shape index (κ1) is 14.5. The van der Waals surface area contributed by atoms with Crippen LogP contribution >= 0.6 is 11.6 Å². The molecule has 0 aliphatic heterocycles. The van der Waals surface area contributed by atoms with E-state index in [1.54, 1.807) is 12.1 Å². The molecule has 20 heavy (non-hydrogen) atoms. The Morgan fingerprint density at radius 3 is 2.55 bits per heavy atom. The molecule has 0 spiro atoms. The molecule has 0 aliphatic rings. The van der Waals surface area contributed by atoms with Crippen molar-refractivity contribution in [1.29, 1.82) is 0 Å². The highest BCUT2D eigenvalue weighted by Gasteiger charge is 2.08. The van der Waals surface area contributed by atoms with E-state index in [1.165, 1.54) is 18.5 Å². The number of halogens is 1. The van der Waals surface area contributed by atoms with Crippen molar-refractivity contribution in [2.45, 2.75) is 11.4 Å². The maximum Gasteiger partial charge on any atom is 0.271 e. The summed E-state index contributed by atoms with van der Waals surface area (Å²) in [6.45, 7) is 0.334. The Morgan fingerprint density at radius 2 is 1.95 bits per heavy atom. The van der Waals surface area contributed by atoms with Crippen LogP contribution < -0.4 is 16.0 Å². The van der Waals surface area contributed by atoms with Crippen LogP contribution in [0.4, 0.5) is 5.82 Å². The number of aromatic nitrogens is 2. The summed E-state index contributed by atoms with van der Waals surface area (Å²) in [5.41, 5.74) is 0.351. The molecule has 1 aromatic carbocycles. The third kappa shape index (κ3) is 3.35. The van der Waals surface area contributed by atoms with Crippen LogP contribution in [0.2, 0.25) is 5.02 Å². The van der Waals surface area contributed by atoms with Crippen molar-refractivity contribution in [3.05, 3.63) is 51.5 Å². The molecule has 0 bridgehead atoms. The van der Waals surface area contributed by atoms with Gasteiger partial charge in [0.25, 0.3) is 5.56 Å². The minimum absolute atomic E-state index is 0.0337. The average Bonchev–Trinajstić information content (AvgIpc) is 2.40. The number of nitrogens with zero attached hydrogens (tertiary/aromatic N) is 1. The fourth-order valence-electron chi connectivity index (χ4n) is 1.49. The van der Waals surface area contributed by atoms with Gasteiger partial charge in [-0.15, -0.1) is 0 Å². The van der Waals surface area contributed by atoms with E-state index in [9.17, 15) is 13.2 Å². The van der Waals surface area contributed by atoms with Crippen LogP contribution in [0, 0.1) is 0 Å². The Labute approximate surface area is 119 Å². The molecule has 0 saturated carbocycles. The Morgan fingerprint density at radius 1 is 1.30 bits per heavy atom. The number of rotatable bonds is 4. The summed E-state index contributed by atoms with van der Waals surface area (Å²) in [6.07, 6.45) is 1.24. The first-order valence-corrected chi connectivity index (χ1v) is 7.39. The van der Waals surface area contributed by atoms with Crippen molar-refractivity contribution < 1.29 is 8.42 Å². The zero-order valence-corrected chi connectivity index (χ0v) is 11.7. The van der Waals surface area contributed by atoms with Crippen LogP contribution in [0.15, 0.2) is 40.3 Å². The summed E-state index contributed by atoms with van der Waals surface area (Å²) in [4.78, 5) is 17.5. The maximum atomic E-state index is 11.3. The summed E-state index contributed by atoms with van der Waals surface area (Å²) in [5.74, 6) is 0.255. The number of hydrogen-bond acceptors (Lipinski definition) is 5. The van der Waals surface area contributed by atoms with Gasteiger partial charge in [-0.3, -0.25) is 4.79 Å². The number of nitrogens with one attached hydrogen (secondary N) is 2. The van der Waals surface area contributed by atoms with Crippen LogP contribution in [0.5, 0.6) is 0 Å². The van der Waals surface area contributed by atoms with Crippen molar-refractivity contribution in [2.24, 2.45) is 5.14 Å². The van der Waals surface area contributed by atoms with Crippen molar-refractivity contribution in [3.63, 3.8) is 0 Å². The zero-order valence-electron chi connectivity index (χ0n) is 10.1. The molecule has 106 valence electrons. The quantitative estimate of drug-likeness (QED) is 0.767. The number of aromatic amines is 1. The van der Waals surface area contributed by atoms with Crippen LogP contribution in [-0.2, 0) is 16.6 Å². The lowest BCUT2D eigenvalue weighted by molar-refractivity contribution is 0.598. The molecule has 1 heterocycles. The molecule has 2 aromatic rings. The van der Waals surface area contributed by atoms with Gasteiger partial charge in [-0.25, -0.2) is 18.5 Å². The number of benzene rings is 1. The molecule has 9 heteroatoms. The highest BCUT2D eigenvalue weighted by Crippen LogP contribution is 2.14. The summed E-state index contributed by atoms with van der Waals surface area (Å²) in [7, 11) is -3.70. The second-order valence-corrected chi connectivity index (χ2v) is 5.88. The SMILES string of the molecule is NS(=O)(=O)c1ccc(CNc2nc[nH]c(=O)c2Cl)cc1. The smallest absolute Gasteiger partial charge is 0.271 e. The van der Waals surface area contributed by atoms with E-state index in [2.05, 4.69) is 15.3 Å². The number of H-pyrrole nitrogens is 1. The average molecular weight is 315 g/mol. The van der Waals surface area contributed by atoms with Gasteiger partial charge in [0.2, 0.25) is 10.0 Å². The van der Waals surface area contributed by atoms with Gasteiger partial charge in [0, 0.05) is 6.54 Å². The molecule has 0 radical (unpaired) electrons. The van der Waals surface area contributed by atoms with E-state index in [0.29, 0.717) is 6.54 Å². The van der Waals surface area contributed by atoms with Gasteiger partial charge in [0.15, 0.2) is 5.82 Å². The molecular weight excluding hydrogens is 304 g/mol. The molecule has 4 N–H and O–H groups in total. The van der Waals surface area contributed by atoms with Crippen molar-refractivity contribution in [1.82, 2.24) is 9.97 Å². The minimum atomic E-state index is -3.70. The van der Waals surface area contributed by atoms with Crippen LogP contribution in [0.3, 0.4) is 0 Å². The van der Waals surface area contributed by atoms with Gasteiger partial charge in [-0.05, 0) is 17.7 Å². The summed E-state index contributed by atoms with van der Waals surface area (Å²) >= 11 is 5.78. The largest absolute Gasteiger partial charge is 0.365 e. The second kappa shape index (κ2) is 5.61. The first-order valence-electron chi connectivity index (χ1n) is 5.47. The van der Waals surface area contributed by atoms with E-state index in [4.69, 9.17) is 16.7 Å². The van der Waals surface area contributed by atoms with Crippen molar-refractivity contribution in [2.75, 3.05) is 5.32 Å². The predicted octanol–water partition coefficient (Wildman–Crippen LogP) is 0.683. The lowest BCUT2D eigenvalue weighted by Crippen LogP contribution is -2.13. The number of hydrogen-bond donors (Lipinski definition) is 3. The highest BCUT2D eigenvalue weighted by atomic mass is 35.5. The summed E-state index contributed by atoms with van der Waals surface area (Å²) < 4.78 is 22.2. The Bertz CT molecular complexity index is 771. The second-order valence-electron chi connectivity index (χ2n) is 3.94. The maximum absolute atomic E-state index is 11.3. The highest BCUT2D eigenvalue weighted by molar-refractivity contribution is 7.89. The third-order valence-electron chi connectivity index (χ3n) is 2.51. The van der Waals surface area contributed by atoms with Gasteiger partial charge in [-0.1, -0.05) is 23.7 Å². The van der Waals surface area contributed by atoms with E-state index in [1.807, 2.05) is 0 Å². The van der Waals surface area contributed by atoms with E-state index < -0.39 is 15.6 Å². The fourth-order valence-corrected chi connectivity index (χ4v) is 2.17. The monoisotopic (exact) mass is 314 g/mol. The number of nitrogens with two attached hydrogens (primary N) is 1. The normalized spacial score (nSPS) is 11.3. The standard InChI is InChI=1S/C11H11ClN4O3S/c12-9-10(15-6-16-11(9)17)14-5-7-1-3-8(4-2-7)20(13,18)19/h1-4,6H,5H2,(H2,13,18,19)(H2,14,15,16,17). The van der Waals surface area contributed by atoms with Crippen molar-refractivity contribution in [3.8, 4) is 0 Å². The van der Waals surface area contributed by atoms with E-state index >= 15 is 0 Å². The number of primary sulfonamides is 1. The molecule has 0 amide bonds. The van der Waals surface area contributed by atoms with E-state index in [-0.39, 0.29) is 15.7 Å². The molecule has 0 unspecified atom stereocenters. The minimum Gasteiger partial charge on any atom is -0.365 e. The molecule has 2 rings (SSSR count). The molecule has 0 aliphatic carbocycles. The molecule has 0 fully saturated rings. The Balaban J connectivity index is 2.12. The zero-order chi connectivity index (χ0) is 14.8. The number of sulfonamides is 1. The van der Waals surface area contributed by atoms with Crippen LogP contribution in [-0.4, -0.2) is 18.4 Å². The van der Waals surface area contributed by atoms with Gasteiger partial charge in [0.05, 0.1) is 11.2 Å². The van der Waals surface area contributed by atoms with Crippen LogP contribution in [0.1, 0.15) is 5.56 Å². The summed E-state index contributed by atoms with van der Waals surface area (Å²) in [5, 5.41) is 7.85. The van der Waals surface area contributed by atoms with Crippen molar-refractivity contribution >= 4 is 27.4 Å². The van der Waals surface area contributed by atoms with Gasteiger partial charge >= 0.3 is 0 Å². The molecule has 7 nitrogen and oxygen atoms in total. The van der Waals surface area contributed by atoms with Gasteiger partial charge in [0.1, 0.15) is 5.02 Å². The lowest BCUT2D eigenvalue weighted by Gasteiger charge is -2.07. The molecule has 0 atom stereocenters. The fraction of sp³-hybridized carbons (Fsp3) is 0.0909. The predicted molar refractivity (Wildman–Crippen MR) is 75.0 cm³/mol. The third-order valence-corrected chi connectivity index (χ3v) is 3.79. The molecule has 1 aromatic heterocycles. The molecular formula is C11H11ClN4O3S. The van der Waals surface area contributed by atoms with Gasteiger partial charge in [-0.2, -0.15) is 0 Å². The first-order chi connectivity index (χ1) is 9.38. The summed E-state index contributed by atoms with van der Waals surface area (Å²) in [6, 6.07) is 6.01. The topological polar surface area (TPSA) is 118 Å². The number of anilines is 1. The Kier molecular flexibility index (Phi) is 4.07. The molecule has 0 saturated heterocycles. The van der Waals surface area contributed by atoms with E-state index in [0.717, 1.165) is 5.56 Å². The van der Waals surface area contributed by atoms with Gasteiger partial charge < -0.3 is 10.3 Å². The Hall–Kier alpha value is -1.90. The van der Waals surface area contributed by atoms with Crippen LogP contribution in [0.25, 0.3) is 0 Å².